The Labute approximate surface area is 175 Å². The van der Waals surface area contributed by atoms with Gasteiger partial charge in [-0.15, -0.1) is 0 Å². The largest absolute Gasteiger partial charge is 0.478 e. The van der Waals surface area contributed by atoms with Crippen LogP contribution in [0.2, 0.25) is 0 Å². The highest BCUT2D eigenvalue weighted by atomic mass is 127. The van der Waals surface area contributed by atoms with Gasteiger partial charge in [0.25, 0.3) is 0 Å². The van der Waals surface area contributed by atoms with Crippen LogP contribution in [0.1, 0.15) is 45.4 Å². The Balaban J connectivity index is 1.55. The maximum absolute atomic E-state index is 10.7. The molecule has 0 spiro atoms. The fraction of sp³-hybridized carbons (Fsp3) is 0.364. The molecule has 0 aliphatic carbocycles. The lowest BCUT2D eigenvalue weighted by molar-refractivity contribution is -0.113. The Bertz CT molecular complexity index is 815. The van der Waals surface area contributed by atoms with E-state index in [-0.39, 0.29) is 0 Å². The first-order valence-electron chi connectivity index (χ1n) is 9.38. The van der Waals surface area contributed by atoms with Crippen LogP contribution in [0.3, 0.4) is 0 Å². The van der Waals surface area contributed by atoms with Crippen molar-refractivity contribution in [2.45, 2.75) is 45.4 Å². The molecule has 0 aliphatic rings. The van der Waals surface area contributed by atoms with Crippen LogP contribution in [0.15, 0.2) is 54.1 Å². The van der Waals surface area contributed by atoms with Gasteiger partial charge in [-0.1, -0.05) is 31.4 Å². The number of ether oxygens (including phenoxy) is 1. The first-order valence-corrected chi connectivity index (χ1v) is 10.5. The van der Waals surface area contributed by atoms with Crippen LogP contribution in [0.25, 0.3) is 10.9 Å². The molecular formula is C22H27IN2O2. The van der Waals surface area contributed by atoms with Crippen LogP contribution in [-0.2, 0) is 4.79 Å². The van der Waals surface area contributed by atoms with Gasteiger partial charge in [0.15, 0.2) is 0 Å². The van der Waals surface area contributed by atoms with Crippen molar-refractivity contribution in [2.75, 3.05) is 6.61 Å². The second-order valence-corrected chi connectivity index (χ2v) is 7.83. The number of amides is 1. The van der Waals surface area contributed by atoms with Crippen molar-refractivity contribution in [3.8, 4) is 5.88 Å². The quantitative estimate of drug-likeness (QED) is 0.200. The van der Waals surface area contributed by atoms with Gasteiger partial charge < -0.3 is 10.5 Å². The molecule has 1 aromatic carbocycles. The van der Waals surface area contributed by atoms with Gasteiger partial charge in [-0.25, -0.2) is 4.98 Å². The number of carbonyl (C=O) groups excluding carboxylic acids is 1. The van der Waals surface area contributed by atoms with Gasteiger partial charge in [0.2, 0.25) is 11.8 Å². The summed E-state index contributed by atoms with van der Waals surface area (Å²) in [5.74, 6) is 0.307. The molecule has 0 aliphatic heterocycles. The van der Waals surface area contributed by atoms with Crippen molar-refractivity contribution < 1.29 is 9.53 Å². The molecule has 0 atom stereocenters. The molecule has 5 heteroatoms. The number of pyridine rings is 1. The van der Waals surface area contributed by atoms with Gasteiger partial charge in [0.1, 0.15) is 0 Å². The zero-order valence-electron chi connectivity index (χ0n) is 15.8. The van der Waals surface area contributed by atoms with Crippen LogP contribution in [-0.4, -0.2) is 17.5 Å². The highest BCUT2D eigenvalue weighted by molar-refractivity contribution is 14.1. The number of nitrogens with two attached hydrogens (primary N) is 1. The monoisotopic (exact) mass is 478 g/mol. The molecule has 27 heavy (non-hydrogen) atoms. The Morgan fingerprint density at radius 1 is 1.15 bits per heavy atom. The van der Waals surface area contributed by atoms with Crippen LogP contribution < -0.4 is 10.5 Å². The number of hydrogen-bond acceptors (Lipinski definition) is 3. The average Bonchev–Trinajstić information content (AvgIpc) is 2.62. The van der Waals surface area contributed by atoms with Gasteiger partial charge >= 0.3 is 0 Å². The molecule has 1 amide bonds. The fourth-order valence-electron chi connectivity index (χ4n) is 2.77. The zero-order valence-corrected chi connectivity index (χ0v) is 17.9. The molecule has 0 saturated heterocycles. The molecule has 0 unspecified atom stereocenters. The minimum absolute atomic E-state index is 0.395. The van der Waals surface area contributed by atoms with Gasteiger partial charge in [0.05, 0.1) is 12.1 Å². The van der Waals surface area contributed by atoms with E-state index in [0.717, 1.165) is 42.2 Å². The third kappa shape index (κ3) is 8.56. The Morgan fingerprint density at radius 3 is 2.74 bits per heavy atom. The molecule has 1 heterocycles. The molecule has 0 fully saturated rings. The SMILES string of the molecule is CC(C=CCCCCCCCOc1ccc2cc(I)ccc2n1)=CC(N)=O. The summed E-state index contributed by atoms with van der Waals surface area (Å²) < 4.78 is 6.99. The zero-order chi connectivity index (χ0) is 19.5. The number of primary amides is 1. The lowest BCUT2D eigenvalue weighted by Crippen LogP contribution is -2.06. The van der Waals surface area contributed by atoms with Crippen molar-refractivity contribution in [1.29, 1.82) is 0 Å². The smallest absolute Gasteiger partial charge is 0.241 e. The number of rotatable bonds is 11. The van der Waals surface area contributed by atoms with Gasteiger partial charge in [0, 0.05) is 21.1 Å². The molecule has 2 N–H and O–H groups in total. The number of allylic oxidation sites excluding steroid dienone is 3. The predicted molar refractivity (Wildman–Crippen MR) is 120 cm³/mol. The summed E-state index contributed by atoms with van der Waals surface area (Å²) in [4.78, 5) is 15.3. The summed E-state index contributed by atoms with van der Waals surface area (Å²) in [5, 5.41) is 1.14. The summed E-state index contributed by atoms with van der Waals surface area (Å²) in [7, 11) is 0. The molecule has 4 nitrogen and oxygen atoms in total. The lowest BCUT2D eigenvalue weighted by atomic mass is 10.1. The van der Waals surface area contributed by atoms with E-state index in [4.69, 9.17) is 10.5 Å². The summed E-state index contributed by atoms with van der Waals surface area (Å²) >= 11 is 2.31. The van der Waals surface area contributed by atoms with Crippen LogP contribution in [0.4, 0.5) is 0 Å². The second-order valence-electron chi connectivity index (χ2n) is 6.58. The van der Waals surface area contributed by atoms with E-state index in [1.54, 1.807) is 0 Å². The summed E-state index contributed by atoms with van der Waals surface area (Å²) in [5.41, 5.74) is 6.98. The highest BCUT2D eigenvalue weighted by Gasteiger charge is 2.00. The Kier molecular flexibility index (Phi) is 9.31. The van der Waals surface area contributed by atoms with Crippen LogP contribution in [0, 0.1) is 3.57 Å². The minimum Gasteiger partial charge on any atom is -0.478 e. The predicted octanol–water partition coefficient (Wildman–Crippen LogP) is 5.55. The van der Waals surface area contributed by atoms with E-state index >= 15 is 0 Å². The molecule has 0 bridgehead atoms. The average molecular weight is 478 g/mol. The normalized spacial score (nSPS) is 12.0. The number of halogens is 1. The summed E-state index contributed by atoms with van der Waals surface area (Å²) in [6.45, 7) is 2.59. The number of carbonyl (C=O) groups is 1. The maximum atomic E-state index is 10.7. The first-order chi connectivity index (χ1) is 13.0. The maximum Gasteiger partial charge on any atom is 0.241 e. The van der Waals surface area contributed by atoms with Crippen molar-refractivity contribution in [3.63, 3.8) is 0 Å². The summed E-state index contributed by atoms with van der Waals surface area (Å²) in [6, 6.07) is 10.2. The van der Waals surface area contributed by atoms with Crippen molar-refractivity contribution >= 4 is 39.4 Å². The lowest BCUT2D eigenvalue weighted by Gasteiger charge is -2.06. The minimum atomic E-state index is -0.395. The molecule has 2 aromatic rings. The van der Waals surface area contributed by atoms with Gasteiger partial charge in [-0.3, -0.25) is 4.79 Å². The van der Waals surface area contributed by atoms with E-state index in [1.807, 2.05) is 25.1 Å². The second kappa shape index (κ2) is 11.7. The molecule has 0 radical (unpaired) electrons. The number of hydrogen-bond donors (Lipinski definition) is 1. The first kappa shape index (κ1) is 21.4. The molecule has 0 saturated carbocycles. The third-order valence-electron chi connectivity index (χ3n) is 4.14. The third-order valence-corrected chi connectivity index (χ3v) is 4.81. The number of unbranched alkanes of at least 4 members (excludes halogenated alkanes) is 5. The Hall–Kier alpha value is -1.89. The Morgan fingerprint density at radius 2 is 1.93 bits per heavy atom. The number of aromatic nitrogens is 1. The van der Waals surface area contributed by atoms with E-state index in [2.05, 4.69) is 51.8 Å². The van der Waals surface area contributed by atoms with Crippen LogP contribution >= 0.6 is 22.6 Å². The number of fused-ring (bicyclic) bond motifs is 1. The van der Waals surface area contributed by atoms with E-state index in [9.17, 15) is 4.79 Å². The standard InChI is InChI=1S/C22H27IN2O2/c1-17(15-21(24)26)9-7-5-3-2-4-6-8-14-27-22-13-10-18-16-19(23)11-12-20(18)25-22/h7,9-13,15-16H,2-6,8,14H2,1H3,(H2,24,26). The van der Waals surface area contributed by atoms with Gasteiger partial charge in [-0.05, 0) is 78.6 Å². The topological polar surface area (TPSA) is 65.2 Å². The van der Waals surface area contributed by atoms with Crippen molar-refractivity contribution in [1.82, 2.24) is 4.98 Å². The van der Waals surface area contributed by atoms with Crippen molar-refractivity contribution in [2.24, 2.45) is 5.73 Å². The summed E-state index contributed by atoms with van der Waals surface area (Å²) in [6.07, 6.45) is 12.3. The molecule has 2 rings (SSSR count). The number of benzene rings is 1. The van der Waals surface area contributed by atoms with E-state index < -0.39 is 5.91 Å². The van der Waals surface area contributed by atoms with Crippen LogP contribution in [0.5, 0.6) is 5.88 Å². The highest BCUT2D eigenvalue weighted by Crippen LogP contribution is 2.19. The number of nitrogens with zero attached hydrogens (tertiary/aromatic N) is 1. The fourth-order valence-corrected chi connectivity index (χ4v) is 3.29. The van der Waals surface area contributed by atoms with E-state index in [0.29, 0.717) is 12.5 Å². The van der Waals surface area contributed by atoms with Gasteiger partial charge in [-0.2, -0.15) is 0 Å². The van der Waals surface area contributed by atoms with E-state index in [1.165, 1.54) is 22.5 Å². The molecular weight excluding hydrogens is 451 g/mol. The molecule has 1 aromatic heterocycles. The molecule has 144 valence electrons. The van der Waals surface area contributed by atoms with Crippen molar-refractivity contribution in [3.05, 3.63) is 57.7 Å².